The molecule has 2 aromatic carbocycles. The fraction of sp³-hybridized carbons (Fsp3) is 0.250. The summed E-state index contributed by atoms with van der Waals surface area (Å²) in [5.41, 5.74) is 2.85. The number of nitro benzene ring substituents is 1. The first-order chi connectivity index (χ1) is 9.97. The largest absolute Gasteiger partial charge is 0.457 e. The number of nitrogens with zero attached hydrogens (tertiary/aromatic N) is 1. The SMILES string of the molecule is CCNc1cc(Oc2cc(C)cc(C)c2)cc([N+](=O)[O-])c1. The molecule has 0 aliphatic carbocycles. The van der Waals surface area contributed by atoms with Crippen molar-refractivity contribution in [1.82, 2.24) is 0 Å². The van der Waals surface area contributed by atoms with Gasteiger partial charge in [0.2, 0.25) is 0 Å². The van der Waals surface area contributed by atoms with Gasteiger partial charge in [-0.05, 0) is 44.0 Å². The monoisotopic (exact) mass is 286 g/mol. The Kier molecular flexibility index (Phi) is 4.42. The highest BCUT2D eigenvalue weighted by atomic mass is 16.6. The number of rotatable bonds is 5. The minimum Gasteiger partial charge on any atom is -0.457 e. The third-order valence-corrected chi connectivity index (χ3v) is 2.91. The van der Waals surface area contributed by atoms with Gasteiger partial charge in [0, 0.05) is 24.4 Å². The molecule has 0 saturated carbocycles. The first-order valence-electron chi connectivity index (χ1n) is 6.77. The molecule has 0 aliphatic rings. The summed E-state index contributed by atoms with van der Waals surface area (Å²) >= 11 is 0. The average Bonchev–Trinajstić information content (AvgIpc) is 2.37. The molecule has 2 aromatic rings. The van der Waals surface area contributed by atoms with Crippen LogP contribution in [0.1, 0.15) is 18.1 Å². The summed E-state index contributed by atoms with van der Waals surface area (Å²) in [7, 11) is 0. The molecule has 21 heavy (non-hydrogen) atoms. The van der Waals surface area contributed by atoms with Crippen molar-refractivity contribution in [2.45, 2.75) is 20.8 Å². The van der Waals surface area contributed by atoms with Gasteiger partial charge in [-0.1, -0.05) is 6.07 Å². The molecule has 0 heterocycles. The van der Waals surface area contributed by atoms with Gasteiger partial charge in [0.05, 0.1) is 11.0 Å². The second-order valence-electron chi connectivity index (χ2n) is 4.93. The van der Waals surface area contributed by atoms with E-state index in [-0.39, 0.29) is 5.69 Å². The zero-order valence-electron chi connectivity index (χ0n) is 12.3. The lowest BCUT2D eigenvalue weighted by Crippen LogP contribution is -1.98. The Labute approximate surface area is 123 Å². The first-order valence-corrected chi connectivity index (χ1v) is 6.77. The molecule has 1 N–H and O–H groups in total. The smallest absolute Gasteiger partial charge is 0.275 e. The van der Waals surface area contributed by atoms with Crippen LogP contribution in [0, 0.1) is 24.0 Å². The van der Waals surface area contributed by atoms with Gasteiger partial charge >= 0.3 is 0 Å². The summed E-state index contributed by atoms with van der Waals surface area (Å²) in [5.74, 6) is 1.13. The lowest BCUT2D eigenvalue weighted by molar-refractivity contribution is -0.384. The van der Waals surface area contributed by atoms with Crippen LogP contribution in [0.4, 0.5) is 11.4 Å². The molecule has 5 nitrogen and oxygen atoms in total. The number of aryl methyl sites for hydroxylation is 2. The highest BCUT2D eigenvalue weighted by Crippen LogP contribution is 2.30. The Morgan fingerprint density at radius 3 is 2.24 bits per heavy atom. The lowest BCUT2D eigenvalue weighted by atomic mass is 10.1. The van der Waals surface area contributed by atoms with Crippen LogP contribution in [0.25, 0.3) is 0 Å². The van der Waals surface area contributed by atoms with E-state index in [1.165, 1.54) is 12.1 Å². The maximum atomic E-state index is 11.0. The van der Waals surface area contributed by atoms with Crippen molar-refractivity contribution in [3.63, 3.8) is 0 Å². The van der Waals surface area contributed by atoms with Crippen molar-refractivity contribution in [2.75, 3.05) is 11.9 Å². The molecular formula is C16H18N2O3. The normalized spacial score (nSPS) is 10.2. The van der Waals surface area contributed by atoms with Crippen LogP contribution < -0.4 is 10.1 Å². The number of nitro groups is 1. The predicted molar refractivity (Wildman–Crippen MR) is 83.3 cm³/mol. The van der Waals surface area contributed by atoms with Gasteiger partial charge in [-0.3, -0.25) is 10.1 Å². The molecule has 0 amide bonds. The Bertz CT molecular complexity index is 648. The summed E-state index contributed by atoms with van der Waals surface area (Å²) < 4.78 is 5.77. The van der Waals surface area contributed by atoms with Gasteiger partial charge < -0.3 is 10.1 Å². The van der Waals surface area contributed by atoms with Crippen LogP contribution in [0.15, 0.2) is 36.4 Å². The maximum Gasteiger partial charge on any atom is 0.275 e. The van der Waals surface area contributed by atoms with Crippen LogP contribution in [0.5, 0.6) is 11.5 Å². The van der Waals surface area contributed by atoms with Crippen LogP contribution >= 0.6 is 0 Å². The molecule has 0 unspecified atom stereocenters. The van der Waals surface area contributed by atoms with Gasteiger partial charge in [-0.2, -0.15) is 0 Å². The van der Waals surface area contributed by atoms with E-state index in [9.17, 15) is 10.1 Å². The van der Waals surface area contributed by atoms with Crippen LogP contribution in [0.2, 0.25) is 0 Å². The van der Waals surface area contributed by atoms with E-state index >= 15 is 0 Å². The molecule has 0 spiro atoms. The van der Waals surface area contributed by atoms with E-state index in [0.29, 0.717) is 23.7 Å². The third-order valence-electron chi connectivity index (χ3n) is 2.91. The van der Waals surface area contributed by atoms with Gasteiger partial charge in [0.25, 0.3) is 5.69 Å². The summed E-state index contributed by atoms with van der Waals surface area (Å²) in [5, 5.41) is 14.1. The second-order valence-corrected chi connectivity index (χ2v) is 4.93. The molecule has 0 atom stereocenters. The van der Waals surface area contributed by atoms with Gasteiger partial charge in [0.1, 0.15) is 11.5 Å². The van der Waals surface area contributed by atoms with E-state index in [1.807, 2.05) is 39.0 Å². The number of nitrogens with one attached hydrogen (secondary N) is 1. The van der Waals surface area contributed by atoms with Crippen LogP contribution in [-0.2, 0) is 0 Å². The Balaban J connectivity index is 2.35. The van der Waals surface area contributed by atoms with E-state index < -0.39 is 4.92 Å². The van der Waals surface area contributed by atoms with Crippen molar-refractivity contribution in [2.24, 2.45) is 0 Å². The van der Waals surface area contributed by atoms with Crippen molar-refractivity contribution < 1.29 is 9.66 Å². The standard InChI is InChI=1S/C16H18N2O3/c1-4-17-13-8-14(18(19)20)10-16(9-13)21-15-6-11(2)5-12(3)7-15/h5-10,17H,4H2,1-3H3. The molecule has 0 bridgehead atoms. The number of anilines is 1. The van der Waals surface area contributed by atoms with Gasteiger partial charge in [-0.25, -0.2) is 0 Å². The molecule has 110 valence electrons. The van der Waals surface area contributed by atoms with Crippen molar-refractivity contribution in [3.8, 4) is 11.5 Å². The Hall–Kier alpha value is -2.56. The van der Waals surface area contributed by atoms with E-state index in [1.54, 1.807) is 6.07 Å². The van der Waals surface area contributed by atoms with E-state index in [2.05, 4.69) is 5.32 Å². The number of benzene rings is 2. The quantitative estimate of drug-likeness (QED) is 0.652. The zero-order valence-corrected chi connectivity index (χ0v) is 12.3. The van der Waals surface area contributed by atoms with Gasteiger partial charge in [-0.15, -0.1) is 0 Å². The molecule has 0 aliphatic heterocycles. The highest BCUT2D eigenvalue weighted by Gasteiger charge is 2.11. The fourth-order valence-corrected chi connectivity index (χ4v) is 2.18. The summed E-state index contributed by atoms with van der Waals surface area (Å²) in [4.78, 5) is 10.6. The second kappa shape index (κ2) is 6.26. The molecule has 0 saturated heterocycles. The number of ether oxygens (including phenoxy) is 1. The summed E-state index contributed by atoms with van der Waals surface area (Å²) in [6.45, 7) is 6.59. The lowest BCUT2D eigenvalue weighted by Gasteiger charge is -2.10. The van der Waals surface area contributed by atoms with Crippen molar-refractivity contribution >= 4 is 11.4 Å². The van der Waals surface area contributed by atoms with Crippen molar-refractivity contribution in [3.05, 3.63) is 57.6 Å². The Morgan fingerprint density at radius 2 is 1.67 bits per heavy atom. The topological polar surface area (TPSA) is 64.4 Å². The van der Waals surface area contributed by atoms with Crippen molar-refractivity contribution in [1.29, 1.82) is 0 Å². The molecule has 2 rings (SSSR count). The molecule has 0 radical (unpaired) electrons. The first kappa shape index (κ1) is 14.8. The number of non-ortho nitro benzene ring substituents is 1. The fourth-order valence-electron chi connectivity index (χ4n) is 2.18. The zero-order chi connectivity index (χ0) is 15.4. The summed E-state index contributed by atoms with van der Waals surface area (Å²) in [6, 6.07) is 10.5. The minimum atomic E-state index is -0.421. The van der Waals surface area contributed by atoms with Crippen LogP contribution in [0.3, 0.4) is 0 Å². The number of hydrogen-bond donors (Lipinski definition) is 1. The average molecular weight is 286 g/mol. The predicted octanol–water partition coefficient (Wildman–Crippen LogP) is 4.44. The molecular weight excluding hydrogens is 268 g/mol. The maximum absolute atomic E-state index is 11.0. The molecule has 0 fully saturated rings. The highest BCUT2D eigenvalue weighted by molar-refractivity contribution is 5.57. The summed E-state index contributed by atoms with van der Waals surface area (Å²) in [6.07, 6.45) is 0. The minimum absolute atomic E-state index is 0.00725. The molecule has 5 heteroatoms. The van der Waals surface area contributed by atoms with Gasteiger partial charge in [0.15, 0.2) is 0 Å². The third kappa shape index (κ3) is 3.95. The van der Waals surface area contributed by atoms with Crippen LogP contribution in [-0.4, -0.2) is 11.5 Å². The van der Waals surface area contributed by atoms with E-state index in [4.69, 9.17) is 4.74 Å². The Morgan fingerprint density at radius 1 is 1.05 bits per heavy atom. The molecule has 0 aromatic heterocycles. The number of hydrogen-bond acceptors (Lipinski definition) is 4. The van der Waals surface area contributed by atoms with E-state index in [0.717, 1.165) is 11.1 Å².